The number of ketones is 2. The molecule has 148 valence electrons. The average molecular weight is 404 g/mol. The van der Waals surface area contributed by atoms with Crippen molar-refractivity contribution < 1.29 is 29.5 Å². The van der Waals surface area contributed by atoms with Gasteiger partial charge in [-0.15, -0.1) is 0 Å². The maximum atomic E-state index is 13.2. The molecule has 8 heteroatoms. The number of quaternary nitrogens is 2. The van der Waals surface area contributed by atoms with Crippen LogP contribution in [0.1, 0.15) is 44.7 Å². The lowest BCUT2D eigenvalue weighted by Crippen LogP contribution is -2.52. The van der Waals surface area contributed by atoms with E-state index < -0.39 is 10.0 Å². The Morgan fingerprint density at radius 3 is 1.79 bits per heavy atom. The summed E-state index contributed by atoms with van der Waals surface area (Å²) < 4.78 is 27.7. The van der Waals surface area contributed by atoms with Crippen LogP contribution in [-0.4, -0.2) is 50.5 Å². The van der Waals surface area contributed by atoms with Crippen molar-refractivity contribution >= 4 is 21.6 Å². The van der Waals surface area contributed by atoms with Crippen molar-refractivity contribution in [1.29, 1.82) is 0 Å². The van der Waals surface area contributed by atoms with E-state index in [2.05, 4.69) is 11.5 Å². The minimum atomic E-state index is -3.78. The van der Waals surface area contributed by atoms with Gasteiger partial charge in [0.25, 0.3) is 0 Å². The molecule has 0 heterocycles. The highest BCUT2D eigenvalue weighted by Crippen LogP contribution is 2.29. The van der Waals surface area contributed by atoms with Gasteiger partial charge in [-0.05, 0) is 18.2 Å². The van der Waals surface area contributed by atoms with Gasteiger partial charge in [-0.3, -0.25) is 9.59 Å². The van der Waals surface area contributed by atoms with Crippen molar-refractivity contribution in [3.63, 3.8) is 0 Å². The molecule has 0 spiro atoms. The summed E-state index contributed by atoms with van der Waals surface area (Å²) in [4.78, 5) is 25.6. The zero-order valence-electron chi connectivity index (χ0n) is 15.7. The minimum Gasteiger partial charge on any atom is -0.358 e. The van der Waals surface area contributed by atoms with Crippen molar-refractivity contribution in [3.05, 3.63) is 64.7 Å². The van der Waals surface area contributed by atoms with Crippen molar-refractivity contribution in [2.75, 3.05) is 26.2 Å². The van der Waals surface area contributed by atoms with E-state index in [-0.39, 0.29) is 27.6 Å². The van der Waals surface area contributed by atoms with E-state index in [1.807, 2.05) is 0 Å². The first-order valence-corrected chi connectivity index (χ1v) is 10.8. The van der Waals surface area contributed by atoms with E-state index in [9.17, 15) is 18.0 Å². The molecule has 0 aromatic heterocycles. The van der Waals surface area contributed by atoms with Crippen LogP contribution in [-0.2, 0) is 10.0 Å². The second-order valence-electron chi connectivity index (χ2n) is 6.73. The molecule has 0 saturated carbocycles. The quantitative estimate of drug-likeness (QED) is 0.536. The van der Waals surface area contributed by atoms with Crippen LogP contribution in [0.2, 0.25) is 0 Å². The van der Waals surface area contributed by atoms with Gasteiger partial charge in [0.05, 0.1) is 18.0 Å². The Morgan fingerprint density at radius 2 is 1.25 bits per heavy atom. The second kappa shape index (κ2) is 8.32. The van der Waals surface area contributed by atoms with Gasteiger partial charge < -0.3 is 11.5 Å². The number of carbonyl (C=O) groups is 2. The molecule has 1 aliphatic carbocycles. The number of fused-ring (bicyclic) bond motifs is 2. The Labute approximate surface area is 164 Å². The first kappa shape index (κ1) is 20.3. The van der Waals surface area contributed by atoms with Crippen LogP contribution in [0, 0.1) is 0 Å². The molecule has 6 N–H and O–H groups in total. The zero-order chi connectivity index (χ0) is 20.3. The molecule has 0 bridgehead atoms. The third-order valence-electron chi connectivity index (χ3n) is 4.85. The summed E-state index contributed by atoms with van der Waals surface area (Å²) >= 11 is 0. The predicted octanol–water partition coefficient (Wildman–Crippen LogP) is -0.283. The Balaban J connectivity index is 2.02. The largest absolute Gasteiger partial charge is 0.358 e. The summed E-state index contributed by atoms with van der Waals surface area (Å²) in [7, 11) is -3.78. The van der Waals surface area contributed by atoms with Crippen molar-refractivity contribution in [2.45, 2.75) is 17.7 Å². The monoisotopic (exact) mass is 403 g/mol. The molecular weight excluding hydrogens is 378 g/mol. The SMILES string of the molecule is [NH3+]CCCN(CCC[NH3+])S(=O)(=O)c1ccc2c(c1)C(=O)c1ccccc1C2=O. The summed E-state index contributed by atoms with van der Waals surface area (Å²) in [6.07, 6.45) is 1.29. The van der Waals surface area contributed by atoms with Gasteiger partial charge in [-0.25, -0.2) is 8.42 Å². The lowest BCUT2D eigenvalue weighted by Gasteiger charge is -2.23. The molecule has 0 atom stereocenters. The summed E-state index contributed by atoms with van der Waals surface area (Å²) in [6, 6.07) is 10.8. The van der Waals surface area contributed by atoms with Crippen LogP contribution < -0.4 is 11.5 Å². The standard InChI is InChI=1S/C20H23N3O4S/c21-9-3-11-23(12-4-10-22)28(26,27)14-7-8-17-18(13-14)20(25)16-6-2-1-5-15(16)19(17)24/h1-2,5-8,13H,3-4,9-12,21-22H2/p+2. The molecule has 0 unspecified atom stereocenters. The molecule has 7 nitrogen and oxygen atoms in total. The number of nitrogens with zero attached hydrogens (tertiary/aromatic N) is 1. The summed E-state index contributed by atoms with van der Waals surface area (Å²) in [5, 5.41) is 0. The summed E-state index contributed by atoms with van der Waals surface area (Å²) in [6.45, 7) is 1.98. The molecule has 2 aromatic rings. The zero-order valence-corrected chi connectivity index (χ0v) is 16.5. The maximum absolute atomic E-state index is 13.2. The number of sulfonamides is 1. The van der Waals surface area contributed by atoms with Crippen LogP contribution in [0.15, 0.2) is 47.4 Å². The molecule has 0 fully saturated rings. The molecule has 28 heavy (non-hydrogen) atoms. The molecular formula is C20H25N3O4S+2. The number of rotatable bonds is 8. The van der Waals surface area contributed by atoms with Crippen molar-refractivity contribution in [3.8, 4) is 0 Å². The molecule has 2 aromatic carbocycles. The minimum absolute atomic E-state index is 0.0277. The van der Waals surface area contributed by atoms with Gasteiger partial charge in [-0.2, -0.15) is 4.31 Å². The first-order chi connectivity index (χ1) is 13.4. The number of hydrogen-bond donors (Lipinski definition) is 2. The maximum Gasteiger partial charge on any atom is 0.243 e. The fourth-order valence-electron chi connectivity index (χ4n) is 3.32. The normalized spacial score (nSPS) is 13.5. The third-order valence-corrected chi connectivity index (χ3v) is 6.74. The highest BCUT2D eigenvalue weighted by atomic mass is 32.2. The Morgan fingerprint density at radius 1 is 0.750 bits per heavy atom. The highest BCUT2D eigenvalue weighted by molar-refractivity contribution is 7.89. The van der Waals surface area contributed by atoms with Gasteiger partial charge in [0.15, 0.2) is 11.6 Å². The fraction of sp³-hybridized carbons (Fsp3) is 0.300. The van der Waals surface area contributed by atoms with Crippen LogP contribution in [0.3, 0.4) is 0 Å². The topological polar surface area (TPSA) is 127 Å². The van der Waals surface area contributed by atoms with Gasteiger partial charge in [0.1, 0.15) is 0 Å². The molecule has 0 radical (unpaired) electrons. The van der Waals surface area contributed by atoms with E-state index in [0.29, 0.717) is 50.1 Å². The Kier molecular flexibility index (Phi) is 6.04. The van der Waals surface area contributed by atoms with Crippen molar-refractivity contribution in [2.24, 2.45) is 0 Å². The van der Waals surface area contributed by atoms with Gasteiger partial charge >= 0.3 is 0 Å². The number of carbonyl (C=O) groups excluding carboxylic acids is 2. The molecule has 3 rings (SSSR count). The smallest absolute Gasteiger partial charge is 0.243 e. The highest BCUT2D eigenvalue weighted by Gasteiger charge is 2.32. The Hall–Kier alpha value is -2.39. The molecule has 0 amide bonds. The van der Waals surface area contributed by atoms with Crippen LogP contribution in [0.4, 0.5) is 0 Å². The molecule has 0 aliphatic heterocycles. The van der Waals surface area contributed by atoms with Crippen molar-refractivity contribution in [1.82, 2.24) is 4.31 Å². The van der Waals surface area contributed by atoms with E-state index in [1.54, 1.807) is 24.3 Å². The number of hydrogen-bond acceptors (Lipinski definition) is 4. The van der Waals surface area contributed by atoms with Gasteiger partial charge in [0.2, 0.25) is 10.0 Å². The predicted molar refractivity (Wildman–Crippen MR) is 103 cm³/mol. The second-order valence-corrected chi connectivity index (χ2v) is 8.67. The van der Waals surface area contributed by atoms with E-state index in [4.69, 9.17) is 0 Å². The first-order valence-electron chi connectivity index (χ1n) is 9.33. The Bertz CT molecular complexity index is 1010. The summed E-state index contributed by atoms with van der Waals surface area (Å²) in [5.41, 5.74) is 8.58. The van der Waals surface area contributed by atoms with E-state index >= 15 is 0 Å². The van der Waals surface area contributed by atoms with Crippen LogP contribution >= 0.6 is 0 Å². The fourth-order valence-corrected chi connectivity index (χ4v) is 4.86. The van der Waals surface area contributed by atoms with Gasteiger partial charge in [-0.1, -0.05) is 24.3 Å². The van der Waals surface area contributed by atoms with Gasteiger partial charge in [0, 0.05) is 48.2 Å². The lowest BCUT2D eigenvalue weighted by molar-refractivity contribution is -0.369. The molecule has 0 saturated heterocycles. The lowest BCUT2D eigenvalue weighted by atomic mass is 9.84. The molecule has 1 aliphatic rings. The van der Waals surface area contributed by atoms with E-state index in [0.717, 1.165) is 0 Å². The number of benzene rings is 2. The summed E-state index contributed by atoms with van der Waals surface area (Å²) in [5.74, 6) is -0.593. The van der Waals surface area contributed by atoms with Crippen LogP contribution in [0.25, 0.3) is 0 Å². The van der Waals surface area contributed by atoms with E-state index in [1.165, 1.54) is 22.5 Å². The van der Waals surface area contributed by atoms with Crippen LogP contribution in [0.5, 0.6) is 0 Å². The average Bonchev–Trinajstić information content (AvgIpc) is 2.71. The third kappa shape index (κ3) is 3.64.